The van der Waals surface area contributed by atoms with Crippen molar-refractivity contribution in [3.05, 3.63) is 36.0 Å². The van der Waals surface area contributed by atoms with E-state index >= 15 is 0 Å². The highest BCUT2D eigenvalue weighted by Crippen LogP contribution is 2.25. The fraction of sp³-hybridized carbons (Fsp3) is 0.474. The van der Waals surface area contributed by atoms with Crippen LogP contribution in [0.25, 0.3) is 11.1 Å². The number of nitrogen functional groups attached to an aromatic ring is 1. The van der Waals surface area contributed by atoms with E-state index in [2.05, 4.69) is 22.2 Å². The summed E-state index contributed by atoms with van der Waals surface area (Å²) in [5.74, 6) is 0.519. The van der Waals surface area contributed by atoms with Crippen molar-refractivity contribution in [2.45, 2.75) is 19.4 Å². The SMILES string of the molecule is CC(CCNC(=O)c1cccc(-c2cnn(C)c2N)c1)N1CCOCC1. The molecule has 7 nitrogen and oxygen atoms in total. The van der Waals surface area contributed by atoms with Crippen molar-refractivity contribution in [2.24, 2.45) is 7.05 Å². The molecule has 1 saturated heterocycles. The molecule has 1 fully saturated rings. The predicted molar refractivity (Wildman–Crippen MR) is 102 cm³/mol. The molecule has 2 aromatic rings. The van der Waals surface area contributed by atoms with Crippen LogP contribution in [-0.2, 0) is 11.8 Å². The Morgan fingerprint density at radius 2 is 2.15 bits per heavy atom. The first kappa shape index (κ1) is 18.4. The molecule has 140 valence electrons. The minimum Gasteiger partial charge on any atom is -0.383 e. The smallest absolute Gasteiger partial charge is 0.251 e. The van der Waals surface area contributed by atoms with Crippen LogP contribution in [0.2, 0.25) is 0 Å². The highest BCUT2D eigenvalue weighted by atomic mass is 16.5. The monoisotopic (exact) mass is 357 g/mol. The topological polar surface area (TPSA) is 85.4 Å². The summed E-state index contributed by atoms with van der Waals surface area (Å²) in [6, 6.07) is 7.91. The number of nitrogens with zero attached hydrogens (tertiary/aromatic N) is 3. The third-order valence-electron chi connectivity index (χ3n) is 4.94. The normalized spacial score (nSPS) is 16.4. The minimum atomic E-state index is -0.0662. The van der Waals surface area contributed by atoms with Crippen molar-refractivity contribution >= 4 is 11.7 Å². The quantitative estimate of drug-likeness (QED) is 0.818. The molecular formula is C19H27N5O2. The third-order valence-corrected chi connectivity index (χ3v) is 4.94. The van der Waals surface area contributed by atoms with Gasteiger partial charge >= 0.3 is 0 Å². The Labute approximate surface area is 154 Å². The number of hydrogen-bond acceptors (Lipinski definition) is 5. The average molecular weight is 357 g/mol. The van der Waals surface area contributed by atoms with Gasteiger partial charge in [-0.1, -0.05) is 12.1 Å². The summed E-state index contributed by atoms with van der Waals surface area (Å²) in [7, 11) is 1.80. The van der Waals surface area contributed by atoms with E-state index in [4.69, 9.17) is 10.5 Å². The van der Waals surface area contributed by atoms with Crippen LogP contribution in [0.1, 0.15) is 23.7 Å². The third kappa shape index (κ3) is 4.23. The van der Waals surface area contributed by atoms with E-state index in [0.29, 0.717) is 24.0 Å². The summed E-state index contributed by atoms with van der Waals surface area (Å²) in [5, 5.41) is 7.18. The van der Waals surface area contributed by atoms with E-state index in [1.165, 1.54) is 0 Å². The highest BCUT2D eigenvalue weighted by Gasteiger charge is 2.17. The predicted octanol–water partition coefficient (Wildman–Crippen LogP) is 1.51. The van der Waals surface area contributed by atoms with E-state index in [1.54, 1.807) is 17.9 Å². The molecule has 0 spiro atoms. The van der Waals surface area contributed by atoms with Gasteiger partial charge in [0, 0.05) is 43.9 Å². The van der Waals surface area contributed by atoms with Crippen LogP contribution < -0.4 is 11.1 Å². The first-order valence-corrected chi connectivity index (χ1v) is 9.04. The second-order valence-corrected chi connectivity index (χ2v) is 6.69. The van der Waals surface area contributed by atoms with Crippen molar-refractivity contribution in [1.82, 2.24) is 20.0 Å². The van der Waals surface area contributed by atoms with Gasteiger partial charge in [-0.05, 0) is 31.0 Å². The second kappa shape index (κ2) is 8.33. The Hall–Kier alpha value is -2.38. The molecule has 26 heavy (non-hydrogen) atoms. The van der Waals surface area contributed by atoms with Gasteiger partial charge in [0.05, 0.1) is 19.4 Å². The molecule has 1 aromatic carbocycles. The molecule has 1 aliphatic rings. The zero-order valence-corrected chi connectivity index (χ0v) is 15.4. The summed E-state index contributed by atoms with van der Waals surface area (Å²) >= 11 is 0. The number of carbonyl (C=O) groups is 1. The van der Waals surface area contributed by atoms with Gasteiger partial charge < -0.3 is 15.8 Å². The number of hydrogen-bond donors (Lipinski definition) is 2. The van der Waals surface area contributed by atoms with Crippen molar-refractivity contribution in [3.63, 3.8) is 0 Å². The number of aromatic nitrogens is 2. The van der Waals surface area contributed by atoms with E-state index in [-0.39, 0.29) is 5.91 Å². The van der Waals surface area contributed by atoms with Crippen molar-refractivity contribution in [1.29, 1.82) is 0 Å². The Morgan fingerprint density at radius 3 is 2.85 bits per heavy atom. The Bertz CT molecular complexity index is 752. The lowest BCUT2D eigenvalue weighted by molar-refractivity contribution is 0.0187. The van der Waals surface area contributed by atoms with Gasteiger partial charge in [-0.15, -0.1) is 0 Å². The summed E-state index contributed by atoms with van der Waals surface area (Å²) in [4.78, 5) is 14.9. The Kier molecular flexibility index (Phi) is 5.90. The van der Waals surface area contributed by atoms with E-state index < -0.39 is 0 Å². The van der Waals surface area contributed by atoms with Crippen LogP contribution in [0.15, 0.2) is 30.5 Å². The van der Waals surface area contributed by atoms with Gasteiger partial charge in [0.25, 0.3) is 5.91 Å². The second-order valence-electron chi connectivity index (χ2n) is 6.69. The van der Waals surface area contributed by atoms with Gasteiger partial charge in [-0.25, -0.2) is 0 Å². The van der Waals surface area contributed by atoms with Crippen LogP contribution in [-0.4, -0.2) is 59.5 Å². The molecule has 2 heterocycles. The van der Waals surface area contributed by atoms with E-state index in [1.807, 2.05) is 24.3 Å². The molecule has 0 saturated carbocycles. The number of anilines is 1. The zero-order chi connectivity index (χ0) is 18.5. The molecule has 3 rings (SSSR count). The highest BCUT2D eigenvalue weighted by molar-refractivity contribution is 5.95. The molecule has 1 amide bonds. The number of nitrogens with two attached hydrogens (primary N) is 1. The number of aryl methyl sites for hydroxylation is 1. The number of ether oxygens (including phenoxy) is 1. The average Bonchev–Trinajstić information content (AvgIpc) is 3.01. The summed E-state index contributed by atoms with van der Waals surface area (Å²) < 4.78 is 7.00. The number of morpholine rings is 1. The van der Waals surface area contributed by atoms with Crippen LogP contribution in [0.5, 0.6) is 0 Å². The largest absolute Gasteiger partial charge is 0.383 e. The molecule has 3 N–H and O–H groups in total. The molecular weight excluding hydrogens is 330 g/mol. The van der Waals surface area contributed by atoms with Crippen LogP contribution in [0, 0.1) is 0 Å². The fourth-order valence-corrected chi connectivity index (χ4v) is 3.19. The maximum Gasteiger partial charge on any atom is 0.251 e. The van der Waals surface area contributed by atoms with Gasteiger partial charge in [0.1, 0.15) is 5.82 Å². The van der Waals surface area contributed by atoms with Crippen molar-refractivity contribution in [3.8, 4) is 11.1 Å². The number of benzene rings is 1. The lowest BCUT2D eigenvalue weighted by Crippen LogP contribution is -2.43. The van der Waals surface area contributed by atoms with Gasteiger partial charge in [-0.2, -0.15) is 5.10 Å². The molecule has 1 aliphatic heterocycles. The Morgan fingerprint density at radius 1 is 1.38 bits per heavy atom. The van der Waals surface area contributed by atoms with Gasteiger partial charge in [0.15, 0.2) is 0 Å². The van der Waals surface area contributed by atoms with Crippen molar-refractivity contribution < 1.29 is 9.53 Å². The van der Waals surface area contributed by atoms with E-state index in [9.17, 15) is 4.79 Å². The molecule has 0 aliphatic carbocycles. The summed E-state index contributed by atoms with van der Waals surface area (Å²) in [6.07, 6.45) is 2.64. The van der Waals surface area contributed by atoms with Gasteiger partial charge in [0.2, 0.25) is 0 Å². The van der Waals surface area contributed by atoms with Crippen molar-refractivity contribution in [2.75, 3.05) is 38.6 Å². The van der Waals surface area contributed by atoms with Crippen LogP contribution in [0.4, 0.5) is 5.82 Å². The molecule has 1 atom stereocenters. The van der Waals surface area contributed by atoms with Crippen LogP contribution in [0.3, 0.4) is 0 Å². The molecule has 0 bridgehead atoms. The first-order chi connectivity index (χ1) is 12.6. The molecule has 7 heteroatoms. The lowest BCUT2D eigenvalue weighted by atomic mass is 10.0. The number of carbonyl (C=O) groups excluding carboxylic acids is 1. The maximum absolute atomic E-state index is 12.5. The van der Waals surface area contributed by atoms with Crippen LogP contribution >= 0.6 is 0 Å². The van der Waals surface area contributed by atoms with Gasteiger partial charge in [-0.3, -0.25) is 14.4 Å². The van der Waals surface area contributed by atoms with E-state index in [0.717, 1.165) is 43.9 Å². The first-order valence-electron chi connectivity index (χ1n) is 9.04. The number of rotatable bonds is 6. The lowest BCUT2D eigenvalue weighted by Gasteiger charge is -2.32. The molecule has 1 unspecified atom stereocenters. The fourth-order valence-electron chi connectivity index (χ4n) is 3.19. The zero-order valence-electron chi connectivity index (χ0n) is 15.4. The Balaban J connectivity index is 1.56. The molecule has 0 radical (unpaired) electrons. The number of amides is 1. The minimum absolute atomic E-state index is 0.0662. The maximum atomic E-state index is 12.5. The molecule has 1 aromatic heterocycles. The standard InChI is InChI=1S/C19H27N5O2/c1-14(24-8-10-26-11-9-24)6-7-21-19(25)16-5-3-4-15(12-16)17-13-22-23(2)18(17)20/h3-5,12-14H,6-11,20H2,1-2H3,(H,21,25). The summed E-state index contributed by atoms with van der Waals surface area (Å²) in [5.41, 5.74) is 8.39. The summed E-state index contributed by atoms with van der Waals surface area (Å²) in [6.45, 7) is 6.36. The number of nitrogens with one attached hydrogen (secondary N) is 1.